The molecule has 0 aliphatic rings. The minimum atomic E-state index is -0.418. The number of para-hydroxylation sites is 1. The Balaban J connectivity index is 2.07. The predicted octanol–water partition coefficient (Wildman–Crippen LogP) is 1.74. The first-order valence-corrected chi connectivity index (χ1v) is 7.32. The monoisotopic (exact) mass is 323 g/mol. The first-order valence-electron chi connectivity index (χ1n) is 6.94. The molecule has 0 spiro atoms. The van der Waals surface area contributed by atoms with Crippen LogP contribution in [-0.2, 0) is 0 Å². The zero-order chi connectivity index (χ0) is 16.0. The van der Waals surface area contributed by atoms with Crippen LogP contribution in [-0.4, -0.2) is 14.4 Å². The predicted molar refractivity (Wildman–Crippen MR) is 89.8 cm³/mol. The normalized spacial score (nSPS) is 12.3. The number of hydrogen-bond donors (Lipinski definition) is 1. The van der Waals surface area contributed by atoms with Crippen LogP contribution in [0.4, 0.5) is 0 Å². The first-order chi connectivity index (χ1) is 11.1. The molecule has 4 rings (SSSR count). The highest BCUT2D eigenvalue weighted by atomic mass is 35.5. The van der Waals surface area contributed by atoms with Gasteiger partial charge in [0.1, 0.15) is 5.35 Å². The second kappa shape index (κ2) is 5.07. The van der Waals surface area contributed by atoms with Crippen molar-refractivity contribution in [3.8, 4) is 0 Å². The minimum Gasteiger partial charge on any atom is -0.320 e. The van der Waals surface area contributed by atoms with Crippen molar-refractivity contribution < 1.29 is 0 Å². The molecule has 0 radical (unpaired) electrons. The molecular formula is C17H10ClN3O2. The summed E-state index contributed by atoms with van der Waals surface area (Å²) in [6.07, 6.45) is 1.66. The fourth-order valence-electron chi connectivity index (χ4n) is 2.52. The molecule has 2 heterocycles. The maximum absolute atomic E-state index is 12.5. The Morgan fingerprint density at radius 3 is 2.52 bits per heavy atom. The summed E-state index contributed by atoms with van der Waals surface area (Å²) in [7, 11) is 0. The highest BCUT2D eigenvalue weighted by molar-refractivity contribution is 6.30. The number of aromatic amines is 1. The largest absolute Gasteiger partial charge is 0.320 e. The van der Waals surface area contributed by atoms with E-state index in [0.29, 0.717) is 21.3 Å². The molecule has 0 aliphatic carbocycles. The maximum atomic E-state index is 12.5. The van der Waals surface area contributed by atoms with E-state index in [9.17, 15) is 9.59 Å². The number of nitrogens with zero attached hydrogens (tertiary/aromatic N) is 2. The Kier molecular flexibility index (Phi) is 3.02. The minimum absolute atomic E-state index is 0.235. The van der Waals surface area contributed by atoms with Crippen LogP contribution < -0.4 is 16.5 Å². The zero-order valence-electron chi connectivity index (χ0n) is 11.8. The number of benzene rings is 2. The Hall–Kier alpha value is -2.92. The van der Waals surface area contributed by atoms with Gasteiger partial charge in [-0.2, -0.15) is 0 Å². The van der Waals surface area contributed by atoms with Crippen LogP contribution in [0.3, 0.4) is 0 Å². The van der Waals surface area contributed by atoms with Crippen molar-refractivity contribution in [2.75, 3.05) is 0 Å². The third kappa shape index (κ3) is 2.22. The molecule has 1 N–H and O–H groups in total. The second-order valence-electron chi connectivity index (χ2n) is 5.13. The molecule has 0 fully saturated rings. The second-order valence-corrected chi connectivity index (χ2v) is 5.57. The SMILES string of the molecule is O=c1/c(=C\c2ccc(Cl)cc2)[nH]c2nc3ccccc3c(=O)n12. The van der Waals surface area contributed by atoms with Crippen LogP contribution in [0.1, 0.15) is 5.56 Å². The van der Waals surface area contributed by atoms with Crippen molar-refractivity contribution in [3.63, 3.8) is 0 Å². The van der Waals surface area contributed by atoms with Crippen molar-refractivity contribution in [2.24, 2.45) is 0 Å². The van der Waals surface area contributed by atoms with Crippen LogP contribution >= 0.6 is 11.6 Å². The van der Waals surface area contributed by atoms with Crippen molar-refractivity contribution in [1.29, 1.82) is 0 Å². The summed E-state index contributed by atoms with van der Waals surface area (Å²) >= 11 is 5.85. The number of halogens is 1. The van der Waals surface area contributed by atoms with Crippen LogP contribution in [0.5, 0.6) is 0 Å². The average molecular weight is 324 g/mol. The van der Waals surface area contributed by atoms with E-state index in [1.54, 1.807) is 54.6 Å². The molecule has 2 aromatic heterocycles. The van der Waals surface area contributed by atoms with Gasteiger partial charge in [-0.3, -0.25) is 9.59 Å². The van der Waals surface area contributed by atoms with Gasteiger partial charge < -0.3 is 4.98 Å². The topological polar surface area (TPSA) is 67.2 Å². The van der Waals surface area contributed by atoms with Gasteiger partial charge in [-0.05, 0) is 35.9 Å². The molecule has 0 amide bonds. The quantitative estimate of drug-likeness (QED) is 0.580. The van der Waals surface area contributed by atoms with E-state index in [0.717, 1.165) is 9.96 Å². The molecular weight excluding hydrogens is 314 g/mol. The molecule has 0 saturated carbocycles. The van der Waals surface area contributed by atoms with Crippen molar-refractivity contribution in [1.82, 2.24) is 14.4 Å². The van der Waals surface area contributed by atoms with Crippen LogP contribution in [0, 0.1) is 0 Å². The summed E-state index contributed by atoms with van der Waals surface area (Å²) in [6.45, 7) is 0. The van der Waals surface area contributed by atoms with Crippen LogP contribution in [0.2, 0.25) is 5.02 Å². The molecule has 0 saturated heterocycles. The summed E-state index contributed by atoms with van der Waals surface area (Å²) in [5, 5.41) is 1.33. The van der Waals surface area contributed by atoms with E-state index in [1.165, 1.54) is 0 Å². The van der Waals surface area contributed by atoms with E-state index >= 15 is 0 Å². The van der Waals surface area contributed by atoms with Gasteiger partial charge in [0, 0.05) is 5.02 Å². The number of H-pyrrole nitrogens is 1. The smallest absolute Gasteiger partial charge is 0.284 e. The Labute approximate surface area is 134 Å². The zero-order valence-corrected chi connectivity index (χ0v) is 12.5. The summed E-state index contributed by atoms with van der Waals surface area (Å²) in [5.41, 5.74) is 0.563. The van der Waals surface area contributed by atoms with E-state index in [2.05, 4.69) is 9.97 Å². The standard InChI is InChI=1S/C17H10ClN3O2/c18-11-7-5-10(6-8-11)9-14-16(23)21-15(22)12-3-1-2-4-13(12)19-17(21)20-14/h1-9H,(H,19,20)/b14-9+. The van der Waals surface area contributed by atoms with Gasteiger partial charge in [0.05, 0.1) is 10.9 Å². The number of hydrogen-bond acceptors (Lipinski definition) is 3. The number of rotatable bonds is 1. The fourth-order valence-corrected chi connectivity index (χ4v) is 2.65. The van der Waals surface area contributed by atoms with E-state index in [1.807, 2.05) is 0 Å². The summed E-state index contributed by atoms with van der Waals surface area (Å²) < 4.78 is 1.06. The molecule has 0 atom stereocenters. The molecule has 23 heavy (non-hydrogen) atoms. The lowest BCUT2D eigenvalue weighted by Crippen LogP contribution is -2.31. The van der Waals surface area contributed by atoms with Gasteiger partial charge >= 0.3 is 0 Å². The molecule has 0 bridgehead atoms. The van der Waals surface area contributed by atoms with E-state index in [-0.39, 0.29) is 11.3 Å². The van der Waals surface area contributed by atoms with Crippen LogP contribution in [0.25, 0.3) is 22.8 Å². The summed E-state index contributed by atoms with van der Waals surface area (Å²) in [4.78, 5) is 32.2. The molecule has 112 valence electrons. The van der Waals surface area contributed by atoms with Gasteiger partial charge in [0.2, 0.25) is 5.78 Å². The van der Waals surface area contributed by atoms with Crippen molar-refractivity contribution in [3.05, 3.63) is 85.2 Å². The first kappa shape index (κ1) is 13.7. The Morgan fingerprint density at radius 2 is 1.74 bits per heavy atom. The fraction of sp³-hybridized carbons (Fsp3) is 0. The maximum Gasteiger partial charge on any atom is 0.284 e. The highest BCUT2D eigenvalue weighted by Crippen LogP contribution is 2.09. The van der Waals surface area contributed by atoms with E-state index < -0.39 is 5.56 Å². The lowest BCUT2D eigenvalue weighted by Gasteiger charge is -1.96. The summed E-state index contributed by atoms with van der Waals surface area (Å²) in [5.74, 6) is 0.235. The molecule has 5 nitrogen and oxygen atoms in total. The van der Waals surface area contributed by atoms with Gasteiger partial charge in [-0.25, -0.2) is 9.38 Å². The van der Waals surface area contributed by atoms with Crippen molar-refractivity contribution >= 4 is 34.4 Å². The number of fused-ring (bicyclic) bond motifs is 2. The summed E-state index contributed by atoms with van der Waals surface area (Å²) in [6, 6.07) is 14.0. The van der Waals surface area contributed by atoms with Gasteiger partial charge in [-0.15, -0.1) is 0 Å². The Bertz CT molecular complexity index is 1210. The number of imidazole rings is 1. The average Bonchev–Trinajstić information content (AvgIpc) is 2.86. The third-order valence-corrected chi connectivity index (χ3v) is 3.89. The van der Waals surface area contributed by atoms with Crippen molar-refractivity contribution in [2.45, 2.75) is 0 Å². The van der Waals surface area contributed by atoms with E-state index in [4.69, 9.17) is 11.6 Å². The molecule has 0 unspecified atom stereocenters. The molecule has 4 aromatic rings. The number of nitrogens with one attached hydrogen (secondary N) is 1. The lowest BCUT2D eigenvalue weighted by atomic mass is 10.2. The molecule has 2 aromatic carbocycles. The lowest BCUT2D eigenvalue weighted by molar-refractivity contribution is 1.05. The van der Waals surface area contributed by atoms with Gasteiger partial charge in [-0.1, -0.05) is 35.9 Å². The molecule has 0 aliphatic heterocycles. The van der Waals surface area contributed by atoms with Crippen LogP contribution in [0.15, 0.2) is 58.1 Å². The highest BCUT2D eigenvalue weighted by Gasteiger charge is 2.10. The van der Waals surface area contributed by atoms with Gasteiger partial charge in [0.15, 0.2) is 0 Å². The van der Waals surface area contributed by atoms with Gasteiger partial charge in [0.25, 0.3) is 11.1 Å². The number of aromatic nitrogens is 3. The third-order valence-electron chi connectivity index (χ3n) is 3.64. The molecule has 6 heteroatoms. The Morgan fingerprint density at radius 1 is 1.00 bits per heavy atom.